The van der Waals surface area contributed by atoms with Crippen molar-refractivity contribution in [2.45, 2.75) is 19.5 Å². The maximum absolute atomic E-state index is 12.5. The number of fused-ring (bicyclic) bond motifs is 1. The number of hydrogen-bond donors (Lipinski definition) is 1. The third kappa shape index (κ3) is 4.18. The van der Waals surface area contributed by atoms with Crippen LogP contribution in [0, 0.1) is 0 Å². The molecule has 0 fully saturated rings. The second-order valence-corrected chi connectivity index (χ2v) is 6.40. The number of imidazole rings is 1. The van der Waals surface area contributed by atoms with Crippen LogP contribution in [0.4, 0.5) is 0 Å². The summed E-state index contributed by atoms with van der Waals surface area (Å²) in [5.41, 5.74) is 1.18. The van der Waals surface area contributed by atoms with E-state index in [2.05, 4.69) is 25.3 Å². The summed E-state index contributed by atoms with van der Waals surface area (Å²) >= 11 is 0. The van der Waals surface area contributed by atoms with E-state index in [1.54, 1.807) is 43.0 Å². The molecule has 3 heterocycles. The van der Waals surface area contributed by atoms with E-state index in [4.69, 9.17) is 0 Å². The van der Waals surface area contributed by atoms with Gasteiger partial charge in [-0.2, -0.15) is 0 Å². The molecular weight excluding hydrogens is 370 g/mol. The molecule has 0 bridgehead atoms. The first-order valence-corrected chi connectivity index (χ1v) is 9.21. The third-order valence-electron chi connectivity index (χ3n) is 4.49. The second kappa shape index (κ2) is 8.42. The SMILES string of the molecule is O=C(CCn1cnc2ccccc2c1=O)NCCn1ccnc1-c1cnccn1. The molecule has 4 aromatic rings. The fourth-order valence-electron chi connectivity index (χ4n) is 3.03. The van der Waals surface area contributed by atoms with Crippen molar-refractivity contribution in [1.29, 1.82) is 0 Å². The van der Waals surface area contributed by atoms with Gasteiger partial charge in [0.05, 0.1) is 23.4 Å². The quantitative estimate of drug-likeness (QED) is 0.510. The Bertz CT molecular complexity index is 1180. The van der Waals surface area contributed by atoms with Crippen LogP contribution in [0.15, 0.2) is 66.4 Å². The first-order chi connectivity index (χ1) is 14.2. The zero-order chi connectivity index (χ0) is 20.1. The minimum Gasteiger partial charge on any atom is -0.354 e. The molecule has 0 spiro atoms. The van der Waals surface area contributed by atoms with Crippen molar-refractivity contribution in [2.24, 2.45) is 0 Å². The highest BCUT2D eigenvalue weighted by molar-refractivity contribution is 5.77. The molecule has 29 heavy (non-hydrogen) atoms. The van der Waals surface area contributed by atoms with Gasteiger partial charge < -0.3 is 9.88 Å². The summed E-state index contributed by atoms with van der Waals surface area (Å²) in [5, 5.41) is 3.42. The molecule has 0 atom stereocenters. The average molecular weight is 389 g/mol. The van der Waals surface area contributed by atoms with Gasteiger partial charge in [0.1, 0.15) is 5.69 Å². The fourth-order valence-corrected chi connectivity index (χ4v) is 3.03. The predicted molar refractivity (Wildman–Crippen MR) is 107 cm³/mol. The summed E-state index contributed by atoms with van der Waals surface area (Å²) in [6.07, 6.45) is 10.1. The molecular formula is C20H19N7O2. The summed E-state index contributed by atoms with van der Waals surface area (Å²) in [6, 6.07) is 7.16. The standard InChI is InChI=1S/C20H19N7O2/c28-18(5-10-27-14-25-16-4-2-1-3-15(16)20(27)29)23-8-11-26-12-9-24-19(26)17-13-21-6-7-22-17/h1-4,6-7,9,12-14H,5,8,10-11H2,(H,23,28). The summed E-state index contributed by atoms with van der Waals surface area (Å²) in [6.45, 7) is 1.26. The molecule has 0 saturated carbocycles. The lowest BCUT2D eigenvalue weighted by Gasteiger charge is -2.09. The van der Waals surface area contributed by atoms with Crippen molar-refractivity contribution in [1.82, 2.24) is 34.4 Å². The Hall–Kier alpha value is -3.88. The number of amides is 1. The smallest absolute Gasteiger partial charge is 0.261 e. The number of carbonyl (C=O) groups excluding carboxylic acids is 1. The van der Waals surface area contributed by atoms with Crippen LogP contribution >= 0.6 is 0 Å². The monoisotopic (exact) mass is 389 g/mol. The Kier molecular flexibility index (Phi) is 5.37. The van der Waals surface area contributed by atoms with E-state index in [0.717, 1.165) is 0 Å². The van der Waals surface area contributed by atoms with Gasteiger partial charge in [-0.15, -0.1) is 0 Å². The molecule has 146 valence electrons. The number of aryl methyl sites for hydroxylation is 1. The summed E-state index contributed by atoms with van der Waals surface area (Å²) in [7, 11) is 0. The molecule has 0 radical (unpaired) electrons. The van der Waals surface area contributed by atoms with E-state index in [1.807, 2.05) is 16.8 Å². The van der Waals surface area contributed by atoms with Crippen LogP contribution in [0.1, 0.15) is 6.42 Å². The lowest BCUT2D eigenvalue weighted by atomic mass is 10.2. The zero-order valence-corrected chi connectivity index (χ0v) is 15.6. The number of rotatable bonds is 7. The number of benzene rings is 1. The summed E-state index contributed by atoms with van der Waals surface area (Å²) in [4.78, 5) is 41.5. The largest absolute Gasteiger partial charge is 0.354 e. The van der Waals surface area contributed by atoms with E-state index in [-0.39, 0.29) is 24.4 Å². The Morgan fingerprint density at radius 2 is 1.90 bits per heavy atom. The van der Waals surface area contributed by atoms with Crippen LogP contribution in [0.2, 0.25) is 0 Å². The predicted octanol–water partition coefficient (Wildman–Crippen LogP) is 1.26. The highest BCUT2D eigenvalue weighted by Crippen LogP contribution is 2.12. The third-order valence-corrected chi connectivity index (χ3v) is 4.49. The van der Waals surface area contributed by atoms with Gasteiger partial charge in [-0.25, -0.2) is 15.0 Å². The minimum absolute atomic E-state index is 0.133. The minimum atomic E-state index is -0.143. The van der Waals surface area contributed by atoms with Crippen molar-refractivity contribution in [3.8, 4) is 11.5 Å². The van der Waals surface area contributed by atoms with Crippen molar-refractivity contribution in [2.75, 3.05) is 6.54 Å². The normalized spacial score (nSPS) is 10.9. The molecule has 1 aromatic carbocycles. The molecule has 9 heteroatoms. The maximum atomic E-state index is 12.5. The van der Waals surface area contributed by atoms with Gasteiger partial charge in [0, 0.05) is 50.8 Å². The molecule has 0 saturated heterocycles. The molecule has 4 rings (SSSR count). The van der Waals surface area contributed by atoms with Crippen molar-refractivity contribution in [3.63, 3.8) is 0 Å². The molecule has 0 aliphatic heterocycles. The maximum Gasteiger partial charge on any atom is 0.261 e. The molecule has 0 unspecified atom stereocenters. The highest BCUT2D eigenvalue weighted by Gasteiger charge is 2.09. The highest BCUT2D eigenvalue weighted by atomic mass is 16.1. The van der Waals surface area contributed by atoms with E-state index in [0.29, 0.717) is 35.5 Å². The van der Waals surface area contributed by atoms with E-state index in [1.165, 1.54) is 10.9 Å². The van der Waals surface area contributed by atoms with Gasteiger partial charge in [0.15, 0.2) is 5.82 Å². The number of para-hydroxylation sites is 1. The van der Waals surface area contributed by atoms with Crippen molar-refractivity contribution < 1.29 is 4.79 Å². The van der Waals surface area contributed by atoms with Gasteiger partial charge in [0.25, 0.3) is 5.56 Å². The number of nitrogens with zero attached hydrogens (tertiary/aromatic N) is 6. The van der Waals surface area contributed by atoms with Crippen LogP contribution in [0.5, 0.6) is 0 Å². The average Bonchev–Trinajstić information content (AvgIpc) is 3.23. The van der Waals surface area contributed by atoms with Crippen LogP contribution < -0.4 is 10.9 Å². The van der Waals surface area contributed by atoms with Crippen LogP contribution in [0.3, 0.4) is 0 Å². The molecule has 0 aliphatic rings. The Morgan fingerprint density at radius 1 is 1.00 bits per heavy atom. The van der Waals surface area contributed by atoms with Gasteiger partial charge >= 0.3 is 0 Å². The number of nitrogens with one attached hydrogen (secondary N) is 1. The molecule has 9 nitrogen and oxygen atoms in total. The van der Waals surface area contributed by atoms with Gasteiger partial charge in [-0.05, 0) is 12.1 Å². The van der Waals surface area contributed by atoms with Gasteiger partial charge in [-0.1, -0.05) is 12.1 Å². The number of hydrogen-bond acceptors (Lipinski definition) is 6. The molecule has 1 N–H and O–H groups in total. The first-order valence-electron chi connectivity index (χ1n) is 9.21. The number of carbonyl (C=O) groups is 1. The van der Waals surface area contributed by atoms with E-state index >= 15 is 0 Å². The van der Waals surface area contributed by atoms with E-state index in [9.17, 15) is 9.59 Å². The lowest BCUT2D eigenvalue weighted by Crippen LogP contribution is -2.30. The molecule has 0 aliphatic carbocycles. The zero-order valence-electron chi connectivity index (χ0n) is 15.6. The Balaban J connectivity index is 1.31. The second-order valence-electron chi connectivity index (χ2n) is 6.40. The fraction of sp³-hybridized carbons (Fsp3) is 0.200. The first kappa shape index (κ1) is 18.5. The summed E-state index contributed by atoms with van der Waals surface area (Å²) in [5.74, 6) is 0.562. The van der Waals surface area contributed by atoms with Crippen LogP contribution in [-0.2, 0) is 17.9 Å². The Morgan fingerprint density at radius 3 is 2.76 bits per heavy atom. The van der Waals surface area contributed by atoms with Gasteiger partial charge in [-0.3, -0.25) is 19.1 Å². The number of aromatic nitrogens is 6. The van der Waals surface area contributed by atoms with Crippen LogP contribution in [-0.4, -0.2) is 41.5 Å². The lowest BCUT2D eigenvalue weighted by molar-refractivity contribution is -0.121. The van der Waals surface area contributed by atoms with Crippen molar-refractivity contribution >= 4 is 16.8 Å². The van der Waals surface area contributed by atoms with E-state index < -0.39 is 0 Å². The summed E-state index contributed by atoms with van der Waals surface area (Å²) < 4.78 is 3.37. The topological polar surface area (TPSA) is 108 Å². The molecule has 3 aromatic heterocycles. The van der Waals surface area contributed by atoms with Crippen LogP contribution in [0.25, 0.3) is 22.4 Å². The van der Waals surface area contributed by atoms with Crippen molar-refractivity contribution in [3.05, 3.63) is 71.9 Å². The Labute approximate surface area is 166 Å². The molecule has 1 amide bonds. The van der Waals surface area contributed by atoms with Gasteiger partial charge in [0.2, 0.25) is 5.91 Å².